The van der Waals surface area contributed by atoms with Crippen LogP contribution in [0.3, 0.4) is 0 Å². The number of carbonyl (C=O) groups is 1. The number of allylic oxidation sites excluding steroid dienone is 1. The molecule has 0 fully saturated rings. The normalized spacial score (nSPS) is 13.2. The highest BCUT2D eigenvalue weighted by atomic mass is 19.4. The summed E-state index contributed by atoms with van der Waals surface area (Å²) in [5, 5.41) is 10.2. The monoisotopic (exact) mass is 588 g/mol. The van der Waals surface area contributed by atoms with Gasteiger partial charge in [-0.3, -0.25) is 5.32 Å². The SMILES string of the molecule is C=CCCCOc1nc(-c2nnc([C@@](CC=C)(OCc3ccccc3)C(F)(F)F)o2)c(NC(=O)OC(C)(C)C)cc1C. The molecule has 0 aliphatic rings. The fraction of sp³-hybridized carbons (Fsp3) is 0.400. The van der Waals surface area contributed by atoms with Crippen LogP contribution in [-0.2, 0) is 21.7 Å². The number of amides is 1. The number of pyridine rings is 1. The maximum Gasteiger partial charge on any atom is 0.426 e. The average molecular weight is 589 g/mol. The third-order valence-corrected chi connectivity index (χ3v) is 5.78. The van der Waals surface area contributed by atoms with Crippen molar-refractivity contribution in [3.63, 3.8) is 0 Å². The third-order valence-electron chi connectivity index (χ3n) is 5.78. The smallest absolute Gasteiger partial charge is 0.426 e. The molecule has 1 amide bonds. The van der Waals surface area contributed by atoms with Gasteiger partial charge in [-0.05, 0) is 52.2 Å². The van der Waals surface area contributed by atoms with Crippen LogP contribution in [0, 0.1) is 6.92 Å². The molecule has 1 atom stereocenters. The molecule has 0 aliphatic carbocycles. The van der Waals surface area contributed by atoms with Gasteiger partial charge in [0.05, 0.1) is 18.9 Å². The minimum atomic E-state index is -4.96. The number of anilines is 1. The number of nitrogens with one attached hydrogen (secondary N) is 1. The van der Waals surface area contributed by atoms with Crippen molar-refractivity contribution in [2.45, 2.75) is 70.9 Å². The van der Waals surface area contributed by atoms with Gasteiger partial charge in [0, 0.05) is 12.0 Å². The van der Waals surface area contributed by atoms with Crippen LogP contribution in [0.2, 0.25) is 0 Å². The van der Waals surface area contributed by atoms with Crippen molar-refractivity contribution in [1.82, 2.24) is 15.2 Å². The maximum absolute atomic E-state index is 14.7. The molecule has 1 N–H and O–H groups in total. The number of carbonyl (C=O) groups excluding carboxylic acids is 1. The van der Waals surface area contributed by atoms with Gasteiger partial charge in [0.25, 0.3) is 11.8 Å². The van der Waals surface area contributed by atoms with Crippen molar-refractivity contribution in [2.24, 2.45) is 0 Å². The van der Waals surface area contributed by atoms with Crippen LogP contribution >= 0.6 is 0 Å². The molecule has 12 heteroatoms. The molecule has 1 aromatic carbocycles. The largest absolute Gasteiger partial charge is 0.477 e. The summed E-state index contributed by atoms with van der Waals surface area (Å²) in [7, 11) is 0. The molecule has 42 heavy (non-hydrogen) atoms. The van der Waals surface area contributed by atoms with Gasteiger partial charge >= 0.3 is 12.3 Å². The predicted molar refractivity (Wildman–Crippen MR) is 151 cm³/mol. The molecule has 226 valence electrons. The van der Waals surface area contributed by atoms with E-state index >= 15 is 0 Å². The Morgan fingerprint density at radius 3 is 2.43 bits per heavy atom. The highest BCUT2D eigenvalue weighted by molar-refractivity contribution is 5.89. The van der Waals surface area contributed by atoms with Gasteiger partial charge in [-0.15, -0.1) is 23.4 Å². The molecule has 9 nitrogen and oxygen atoms in total. The number of aromatic nitrogens is 3. The van der Waals surface area contributed by atoms with Crippen LogP contribution in [0.4, 0.5) is 23.7 Å². The first kappa shape index (κ1) is 32.3. The minimum Gasteiger partial charge on any atom is -0.477 e. The Morgan fingerprint density at radius 2 is 1.81 bits per heavy atom. The number of benzene rings is 1. The Labute approximate surface area is 242 Å². The zero-order valence-electron chi connectivity index (χ0n) is 24.1. The first-order chi connectivity index (χ1) is 19.8. The second-order valence-electron chi connectivity index (χ2n) is 10.4. The quantitative estimate of drug-likeness (QED) is 0.160. The van der Waals surface area contributed by atoms with Crippen molar-refractivity contribution in [3.05, 3.63) is 78.7 Å². The Bertz CT molecular complexity index is 1370. The van der Waals surface area contributed by atoms with Crippen LogP contribution in [0.5, 0.6) is 5.88 Å². The molecule has 2 aromatic heterocycles. The van der Waals surface area contributed by atoms with Gasteiger partial charge in [0.2, 0.25) is 11.5 Å². The van der Waals surface area contributed by atoms with Crippen molar-refractivity contribution in [2.75, 3.05) is 11.9 Å². The zero-order valence-corrected chi connectivity index (χ0v) is 24.1. The van der Waals surface area contributed by atoms with Crippen LogP contribution in [0.25, 0.3) is 11.6 Å². The van der Waals surface area contributed by atoms with Gasteiger partial charge in [0.1, 0.15) is 5.60 Å². The molecule has 0 saturated heterocycles. The fourth-order valence-corrected chi connectivity index (χ4v) is 3.80. The number of ether oxygens (including phenoxy) is 3. The van der Waals surface area contributed by atoms with Crippen molar-refractivity contribution >= 4 is 11.8 Å². The lowest BCUT2D eigenvalue weighted by Crippen LogP contribution is -2.45. The van der Waals surface area contributed by atoms with E-state index in [-0.39, 0.29) is 23.9 Å². The predicted octanol–water partition coefficient (Wildman–Crippen LogP) is 7.68. The van der Waals surface area contributed by atoms with E-state index in [0.717, 1.165) is 6.08 Å². The molecule has 0 unspecified atom stereocenters. The standard InChI is InChI=1S/C30H35F3N4O5/c1-7-9-13-17-39-24-20(3)18-22(34-27(38)42-28(4,5)6)23(35-24)25-36-37-26(41-25)29(16-8-2,30(31,32)33)40-19-21-14-11-10-12-15-21/h7-8,10-12,14-15,18H,1-2,9,13,16-17,19H2,3-6H3,(H,34,38)/t29-/m1/s1. The molecule has 0 radical (unpaired) electrons. The highest BCUT2D eigenvalue weighted by Gasteiger charge is 2.60. The molecular weight excluding hydrogens is 553 g/mol. The van der Waals surface area contributed by atoms with Crippen molar-refractivity contribution in [1.29, 1.82) is 0 Å². The molecular formula is C30H35F3N4O5. The Kier molecular flexibility index (Phi) is 10.5. The van der Waals surface area contributed by atoms with E-state index in [1.807, 2.05) is 0 Å². The van der Waals surface area contributed by atoms with E-state index in [2.05, 4.69) is 33.7 Å². The molecule has 0 bridgehead atoms. The highest BCUT2D eigenvalue weighted by Crippen LogP contribution is 2.46. The van der Waals surface area contributed by atoms with E-state index in [0.29, 0.717) is 30.6 Å². The summed E-state index contributed by atoms with van der Waals surface area (Å²) in [6.45, 7) is 13.8. The summed E-state index contributed by atoms with van der Waals surface area (Å²) < 4.78 is 66.3. The van der Waals surface area contributed by atoms with Crippen LogP contribution < -0.4 is 10.1 Å². The molecule has 3 rings (SSSR count). The molecule has 2 heterocycles. The first-order valence-electron chi connectivity index (χ1n) is 13.2. The second-order valence-corrected chi connectivity index (χ2v) is 10.4. The van der Waals surface area contributed by atoms with Crippen molar-refractivity contribution < 1.29 is 36.6 Å². The number of hydrogen-bond acceptors (Lipinski definition) is 8. The topological polar surface area (TPSA) is 109 Å². The lowest BCUT2D eigenvalue weighted by atomic mass is 9.98. The number of nitrogens with zero attached hydrogens (tertiary/aromatic N) is 3. The van der Waals surface area contributed by atoms with Crippen molar-refractivity contribution in [3.8, 4) is 17.5 Å². The van der Waals surface area contributed by atoms with Gasteiger partial charge in [-0.2, -0.15) is 13.2 Å². The summed E-state index contributed by atoms with van der Waals surface area (Å²) in [4.78, 5) is 17.0. The Balaban J connectivity index is 2.07. The lowest BCUT2D eigenvalue weighted by molar-refractivity contribution is -0.295. The van der Waals surface area contributed by atoms with E-state index in [4.69, 9.17) is 18.6 Å². The number of halogens is 3. The minimum absolute atomic E-state index is 0.0712. The molecule has 3 aromatic rings. The van der Waals surface area contributed by atoms with Crippen LogP contribution in [0.15, 0.2) is 66.1 Å². The summed E-state index contributed by atoms with van der Waals surface area (Å²) in [5.41, 5.74) is -2.79. The number of hydrogen-bond donors (Lipinski definition) is 1. The molecule has 0 spiro atoms. The second kappa shape index (κ2) is 13.6. The van der Waals surface area contributed by atoms with E-state index in [1.165, 1.54) is 6.07 Å². The maximum atomic E-state index is 14.7. The number of alkyl halides is 3. The number of rotatable bonds is 13. The van der Waals surface area contributed by atoms with Gasteiger partial charge in [-0.1, -0.05) is 42.5 Å². The molecule has 0 saturated carbocycles. The zero-order chi connectivity index (χ0) is 31.0. The van der Waals surface area contributed by atoms with Crippen LogP contribution in [-0.4, -0.2) is 39.7 Å². The Morgan fingerprint density at radius 1 is 1.10 bits per heavy atom. The fourth-order valence-electron chi connectivity index (χ4n) is 3.80. The first-order valence-corrected chi connectivity index (χ1v) is 13.2. The molecule has 0 aliphatic heterocycles. The lowest BCUT2D eigenvalue weighted by Gasteiger charge is -2.31. The number of aryl methyl sites for hydroxylation is 1. The summed E-state index contributed by atoms with van der Waals surface area (Å²) in [6, 6.07) is 9.91. The Hall–Kier alpha value is -4.19. The van der Waals surface area contributed by atoms with Gasteiger partial charge in [0.15, 0.2) is 5.69 Å². The third kappa shape index (κ3) is 8.19. The van der Waals surface area contributed by atoms with E-state index in [9.17, 15) is 18.0 Å². The van der Waals surface area contributed by atoms with Gasteiger partial charge in [-0.25, -0.2) is 9.78 Å². The van der Waals surface area contributed by atoms with Gasteiger partial charge < -0.3 is 18.6 Å². The van der Waals surface area contributed by atoms with E-state index in [1.54, 1.807) is 64.1 Å². The average Bonchev–Trinajstić information content (AvgIpc) is 3.39. The number of unbranched alkanes of at least 4 members (excludes halogenated alkanes) is 1. The summed E-state index contributed by atoms with van der Waals surface area (Å²) in [6.07, 6.45) is -2.28. The summed E-state index contributed by atoms with van der Waals surface area (Å²) >= 11 is 0. The summed E-state index contributed by atoms with van der Waals surface area (Å²) in [5.74, 6) is -1.06. The van der Waals surface area contributed by atoms with Crippen LogP contribution in [0.1, 0.15) is 57.1 Å². The van der Waals surface area contributed by atoms with E-state index < -0.39 is 41.7 Å².